The second kappa shape index (κ2) is 4.38. The summed E-state index contributed by atoms with van der Waals surface area (Å²) in [6.07, 6.45) is 7.36. The van der Waals surface area contributed by atoms with E-state index < -0.39 is 0 Å². The number of amides is 1. The Labute approximate surface area is 108 Å². The third kappa shape index (κ3) is 2.01. The average molecular weight is 294 g/mol. The van der Waals surface area contributed by atoms with Crippen LogP contribution in [0.3, 0.4) is 0 Å². The predicted molar refractivity (Wildman–Crippen MR) is 70.4 cm³/mol. The molecular weight excluding hydrogens is 282 g/mol. The summed E-state index contributed by atoms with van der Waals surface area (Å²) < 4.78 is 0.832. The molecule has 1 aromatic rings. The van der Waals surface area contributed by atoms with Crippen molar-refractivity contribution in [3.63, 3.8) is 0 Å². The highest BCUT2D eigenvalue weighted by atomic mass is 79.9. The van der Waals surface area contributed by atoms with Gasteiger partial charge in [-0.15, -0.1) is 12.3 Å². The van der Waals surface area contributed by atoms with Crippen molar-refractivity contribution in [3.8, 4) is 12.3 Å². The highest BCUT2D eigenvalue weighted by Crippen LogP contribution is 2.32. The largest absolute Gasteiger partial charge is 0.395 e. The summed E-state index contributed by atoms with van der Waals surface area (Å²) in [4.78, 5) is 17.6. The topological polar surface area (TPSA) is 59.2 Å². The molecule has 0 bridgehead atoms. The van der Waals surface area contributed by atoms with Gasteiger partial charge < -0.3 is 5.73 Å². The summed E-state index contributed by atoms with van der Waals surface area (Å²) >= 11 is 3.35. The zero-order valence-electron chi connectivity index (χ0n) is 9.40. The van der Waals surface area contributed by atoms with Crippen LogP contribution >= 0.6 is 15.9 Å². The van der Waals surface area contributed by atoms with Crippen LogP contribution in [0.4, 0.5) is 11.5 Å². The summed E-state index contributed by atoms with van der Waals surface area (Å²) in [5.74, 6) is 3.04. The molecular formula is C12H12BrN3O. The highest BCUT2D eigenvalue weighted by Gasteiger charge is 2.31. The van der Waals surface area contributed by atoms with Crippen LogP contribution in [0.25, 0.3) is 0 Å². The maximum absolute atomic E-state index is 11.8. The fourth-order valence-corrected chi connectivity index (χ4v) is 2.14. The van der Waals surface area contributed by atoms with E-state index in [2.05, 4.69) is 26.8 Å². The lowest BCUT2D eigenvalue weighted by molar-refractivity contribution is -0.117. The van der Waals surface area contributed by atoms with Crippen LogP contribution in [0.15, 0.2) is 10.7 Å². The second-order valence-electron chi connectivity index (χ2n) is 4.04. The highest BCUT2D eigenvalue weighted by molar-refractivity contribution is 9.10. The number of terminal acetylenes is 1. The molecule has 1 amide bonds. The molecule has 2 rings (SSSR count). The van der Waals surface area contributed by atoms with E-state index >= 15 is 0 Å². The molecule has 0 radical (unpaired) electrons. The normalized spacial score (nSPS) is 19.5. The Bertz CT molecular complexity index is 521. The van der Waals surface area contributed by atoms with Crippen molar-refractivity contribution >= 4 is 33.3 Å². The van der Waals surface area contributed by atoms with Crippen LogP contribution in [0.1, 0.15) is 12.0 Å². The van der Waals surface area contributed by atoms with Crippen molar-refractivity contribution in [2.75, 3.05) is 17.2 Å². The van der Waals surface area contributed by atoms with Gasteiger partial charge in [0, 0.05) is 29.6 Å². The second-order valence-corrected chi connectivity index (χ2v) is 4.89. The van der Waals surface area contributed by atoms with Crippen molar-refractivity contribution in [2.24, 2.45) is 5.92 Å². The van der Waals surface area contributed by atoms with Crippen molar-refractivity contribution < 1.29 is 4.79 Å². The molecule has 1 fully saturated rings. The molecule has 5 heteroatoms. The number of aromatic nitrogens is 1. The molecule has 1 aromatic heterocycles. The van der Waals surface area contributed by atoms with E-state index in [1.807, 2.05) is 6.92 Å². The number of anilines is 2. The first-order valence-corrected chi connectivity index (χ1v) is 6.01. The molecule has 1 atom stereocenters. The molecule has 1 aliphatic heterocycles. The van der Waals surface area contributed by atoms with E-state index in [-0.39, 0.29) is 11.8 Å². The lowest BCUT2D eigenvalue weighted by Crippen LogP contribution is -2.26. The van der Waals surface area contributed by atoms with Gasteiger partial charge in [0.15, 0.2) is 5.82 Å². The fraction of sp³-hybridized carbons (Fsp3) is 0.333. The van der Waals surface area contributed by atoms with Gasteiger partial charge in [-0.05, 0) is 28.4 Å². The Morgan fingerprint density at radius 2 is 2.41 bits per heavy atom. The van der Waals surface area contributed by atoms with E-state index in [9.17, 15) is 4.79 Å². The molecule has 1 unspecified atom stereocenters. The maximum Gasteiger partial charge on any atom is 0.229 e. The number of hydrogen-bond acceptors (Lipinski definition) is 3. The molecule has 4 nitrogen and oxygen atoms in total. The Kier molecular flexibility index (Phi) is 3.07. The van der Waals surface area contributed by atoms with E-state index in [0.717, 1.165) is 10.0 Å². The van der Waals surface area contributed by atoms with Crippen molar-refractivity contribution in [1.82, 2.24) is 4.98 Å². The molecule has 0 aromatic carbocycles. The predicted octanol–water partition coefficient (Wildman–Crippen LogP) is 1.72. The molecule has 1 aliphatic rings. The van der Waals surface area contributed by atoms with Gasteiger partial charge in [-0.1, -0.05) is 0 Å². The maximum atomic E-state index is 11.8. The van der Waals surface area contributed by atoms with Crippen molar-refractivity contribution in [3.05, 3.63) is 16.2 Å². The Hall–Kier alpha value is -1.54. The van der Waals surface area contributed by atoms with Crippen LogP contribution < -0.4 is 10.6 Å². The van der Waals surface area contributed by atoms with Crippen molar-refractivity contribution in [1.29, 1.82) is 0 Å². The molecule has 2 heterocycles. The van der Waals surface area contributed by atoms with E-state index in [0.29, 0.717) is 24.5 Å². The summed E-state index contributed by atoms with van der Waals surface area (Å²) in [6.45, 7) is 2.37. The zero-order valence-corrected chi connectivity index (χ0v) is 11.0. The number of carbonyl (C=O) groups is 1. The first-order chi connectivity index (χ1) is 8.04. The third-order valence-corrected chi connectivity index (χ3v) is 3.72. The standard InChI is InChI=1S/C12H12BrN3O/c1-3-8-4-10(17)16(6-8)12-11(14)7(2)9(13)5-15-12/h1,5,8H,4,6,14H2,2H3. The Balaban J connectivity index is 2.40. The summed E-state index contributed by atoms with van der Waals surface area (Å²) in [7, 11) is 0. The summed E-state index contributed by atoms with van der Waals surface area (Å²) in [5.41, 5.74) is 7.37. The lowest BCUT2D eigenvalue weighted by atomic mass is 10.1. The number of halogens is 1. The van der Waals surface area contributed by atoms with E-state index in [1.54, 1.807) is 11.1 Å². The van der Waals surface area contributed by atoms with E-state index in [4.69, 9.17) is 12.2 Å². The quantitative estimate of drug-likeness (QED) is 0.802. The van der Waals surface area contributed by atoms with Gasteiger partial charge in [0.2, 0.25) is 5.91 Å². The molecule has 0 spiro atoms. The summed E-state index contributed by atoms with van der Waals surface area (Å²) in [5, 5.41) is 0. The van der Waals surface area contributed by atoms with Crippen LogP contribution in [-0.4, -0.2) is 17.4 Å². The SMILES string of the molecule is C#CC1CC(=O)N(c2ncc(Br)c(C)c2N)C1. The van der Waals surface area contributed by atoms with E-state index in [1.165, 1.54) is 0 Å². The number of rotatable bonds is 1. The number of nitrogens with two attached hydrogens (primary N) is 1. The number of hydrogen-bond donors (Lipinski definition) is 1. The fourth-order valence-electron chi connectivity index (χ4n) is 1.82. The molecule has 0 aliphatic carbocycles. The Morgan fingerprint density at radius 3 is 3.00 bits per heavy atom. The van der Waals surface area contributed by atoms with Gasteiger partial charge in [0.05, 0.1) is 5.69 Å². The molecule has 2 N–H and O–H groups in total. The number of nitrogens with zero attached hydrogens (tertiary/aromatic N) is 2. The minimum absolute atomic E-state index is 0.0196. The molecule has 1 saturated heterocycles. The van der Waals surface area contributed by atoms with Gasteiger partial charge in [-0.2, -0.15) is 0 Å². The van der Waals surface area contributed by atoms with Crippen LogP contribution in [0.5, 0.6) is 0 Å². The first-order valence-electron chi connectivity index (χ1n) is 5.21. The Morgan fingerprint density at radius 1 is 1.71 bits per heavy atom. The third-order valence-electron chi connectivity index (χ3n) is 2.92. The van der Waals surface area contributed by atoms with Gasteiger partial charge >= 0.3 is 0 Å². The van der Waals surface area contributed by atoms with Crippen molar-refractivity contribution in [2.45, 2.75) is 13.3 Å². The van der Waals surface area contributed by atoms with Gasteiger partial charge in [-0.25, -0.2) is 4.98 Å². The first kappa shape index (κ1) is 11.9. The zero-order chi connectivity index (χ0) is 12.6. The minimum Gasteiger partial charge on any atom is -0.395 e. The van der Waals surface area contributed by atoms with Crippen LogP contribution in [-0.2, 0) is 4.79 Å². The van der Waals surface area contributed by atoms with Gasteiger partial charge in [0.1, 0.15) is 0 Å². The minimum atomic E-state index is -0.0485. The van der Waals surface area contributed by atoms with Crippen LogP contribution in [0.2, 0.25) is 0 Å². The molecule has 88 valence electrons. The average Bonchev–Trinajstić information content (AvgIpc) is 2.68. The van der Waals surface area contributed by atoms with Crippen LogP contribution in [0, 0.1) is 25.2 Å². The number of nitrogen functional groups attached to an aromatic ring is 1. The van der Waals surface area contributed by atoms with Gasteiger partial charge in [-0.3, -0.25) is 9.69 Å². The molecule has 0 saturated carbocycles. The van der Waals surface area contributed by atoms with Gasteiger partial charge in [0.25, 0.3) is 0 Å². The lowest BCUT2D eigenvalue weighted by Gasteiger charge is -2.18. The number of pyridine rings is 1. The smallest absolute Gasteiger partial charge is 0.229 e. The number of carbonyl (C=O) groups excluding carboxylic acids is 1. The molecule has 17 heavy (non-hydrogen) atoms. The summed E-state index contributed by atoms with van der Waals surface area (Å²) in [6, 6.07) is 0. The monoisotopic (exact) mass is 293 g/mol.